The second-order valence-corrected chi connectivity index (χ2v) is 4.90. The number of benzene rings is 1. The normalized spacial score (nSPS) is 17.1. The molecule has 0 aliphatic heterocycles. The van der Waals surface area contributed by atoms with Gasteiger partial charge in [0.1, 0.15) is 0 Å². The fourth-order valence-electron chi connectivity index (χ4n) is 1.63. The Bertz CT molecular complexity index is 371. The third-order valence-electron chi connectivity index (χ3n) is 2.60. The average Bonchev–Trinajstić information content (AvgIpc) is 2.88. The van der Waals surface area contributed by atoms with Gasteiger partial charge in [0.2, 0.25) is 0 Å². The molecule has 3 nitrogen and oxygen atoms in total. The lowest BCUT2D eigenvalue weighted by atomic mass is 10.1. The molecule has 1 aliphatic carbocycles. The van der Waals surface area contributed by atoms with Gasteiger partial charge in [-0.05, 0) is 37.1 Å². The summed E-state index contributed by atoms with van der Waals surface area (Å²) in [7, 11) is 0. The molecule has 0 spiro atoms. The number of carboxylic acid groups (broad SMARTS) is 1. The molecule has 0 bridgehead atoms. The largest absolute Gasteiger partial charge is 0.481 e. The van der Waals surface area contributed by atoms with Crippen LogP contribution in [0.2, 0.25) is 0 Å². The SMILES string of the molecule is O=C(O)CC1(Nc2ccc(Br)cc2)CC1. The van der Waals surface area contributed by atoms with E-state index in [4.69, 9.17) is 5.11 Å². The van der Waals surface area contributed by atoms with Crippen LogP contribution in [0.3, 0.4) is 0 Å². The first-order chi connectivity index (χ1) is 7.10. The molecular formula is C11H12BrNO2. The van der Waals surface area contributed by atoms with Crippen LogP contribution in [0, 0.1) is 0 Å². The van der Waals surface area contributed by atoms with Crippen molar-refractivity contribution in [2.45, 2.75) is 24.8 Å². The van der Waals surface area contributed by atoms with Crippen molar-refractivity contribution in [2.75, 3.05) is 5.32 Å². The van der Waals surface area contributed by atoms with Gasteiger partial charge in [-0.2, -0.15) is 0 Å². The highest BCUT2D eigenvalue weighted by atomic mass is 79.9. The van der Waals surface area contributed by atoms with Crippen LogP contribution < -0.4 is 5.32 Å². The van der Waals surface area contributed by atoms with E-state index in [2.05, 4.69) is 21.2 Å². The molecule has 0 atom stereocenters. The number of rotatable bonds is 4. The van der Waals surface area contributed by atoms with Gasteiger partial charge < -0.3 is 10.4 Å². The lowest BCUT2D eigenvalue weighted by Gasteiger charge is -2.16. The van der Waals surface area contributed by atoms with E-state index >= 15 is 0 Å². The Morgan fingerprint density at radius 2 is 2.00 bits per heavy atom. The molecule has 1 fully saturated rings. The Balaban J connectivity index is 2.02. The zero-order valence-corrected chi connectivity index (χ0v) is 9.75. The van der Waals surface area contributed by atoms with Gasteiger partial charge in [0.25, 0.3) is 0 Å². The van der Waals surface area contributed by atoms with Crippen molar-refractivity contribution in [2.24, 2.45) is 0 Å². The summed E-state index contributed by atoms with van der Waals surface area (Å²) in [6, 6.07) is 7.79. The van der Waals surface area contributed by atoms with Crippen molar-refractivity contribution in [3.8, 4) is 0 Å². The highest BCUT2D eigenvalue weighted by Gasteiger charge is 2.44. The van der Waals surface area contributed by atoms with E-state index < -0.39 is 5.97 Å². The first-order valence-corrected chi connectivity index (χ1v) is 5.65. The zero-order chi connectivity index (χ0) is 10.9. The summed E-state index contributed by atoms with van der Waals surface area (Å²) in [5.74, 6) is -0.739. The van der Waals surface area contributed by atoms with Gasteiger partial charge in [0, 0.05) is 15.7 Å². The van der Waals surface area contributed by atoms with Gasteiger partial charge in [0.05, 0.1) is 6.42 Å². The number of halogens is 1. The number of nitrogens with one attached hydrogen (secondary N) is 1. The van der Waals surface area contributed by atoms with Crippen molar-refractivity contribution < 1.29 is 9.90 Å². The lowest BCUT2D eigenvalue weighted by molar-refractivity contribution is -0.137. The van der Waals surface area contributed by atoms with Crippen LogP contribution in [0.4, 0.5) is 5.69 Å². The molecule has 0 heterocycles. The average molecular weight is 270 g/mol. The van der Waals surface area contributed by atoms with Gasteiger partial charge in [-0.25, -0.2) is 0 Å². The molecule has 1 aromatic carbocycles. The molecule has 0 saturated heterocycles. The number of carboxylic acids is 1. The number of hydrogen-bond donors (Lipinski definition) is 2. The van der Waals surface area contributed by atoms with Crippen LogP contribution in [-0.4, -0.2) is 16.6 Å². The molecule has 1 aromatic rings. The minimum Gasteiger partial charge on any atom is -0.481 e. The number of carbonyl (C=O) groups is 1. The molecule has 0 unspecified atom stereocenters. The van der Waals surface area contributed by atoms with E-state index in [0.29, 0.717) is 0 Å². The predicted molar refractivity (Wildman–Crippen MR) is 62.0 cm³/mol. The Labute approximate surface area is 96.6 Å². The summed E-state index contributed by atoms with van der Waals surface area (Å²) in [5, 5.41) is 12.0. The number of anilines is 1. The quantitative estimate of drug-likeness (QED) is 0.884. The summed E-state index contributed by atoms with van der Waals surface area (Å²) in [4.78, 5) is 10.7. The highest BCUT2D eigenvalue weighted by molar-refractivity contribution is 9.10. The van der Waals surface area contributed by atoms with Crippen LogP contribution in [0.5, 0.6) is 0 Å². The lowest BCUT2D eigenvalue weighted by Crippen LogP contribution is -2.24. The summed E-state index contributed by atoms with van der Waals surface area (Å²) in [6.07, 6.45) is 2.08. The molecule has 80 valence electrons. The van der Waals surface area contributed by atoms with E-state index in [1.54, 1.807) is 0 Å². The van der Waals surface area contributed by atoms with Crippen molar-refractivity contribution in [3.05, 3.63) is 28.7 Å². The standard InChI is InChI=1S/C11H12BrNO2/c12-8-1-3-9(4-2-8)13-11(5-6-11)7-10(14)15/h1-4,13H,5-7H2,(H,14,15). The zero-order valence-electron chi connectivity index (χ0n) is 8.16. The molecule has 1 aliphatic rings. The first-order valence-electron chi connectivity index (χ1n) is 4.85. The van der Waals surface area contributed by atoms with E-state index in [1.165, 1.54) is 0 Å². The molecule has 2 rings (SSSR count). The van der Waals surface area contributed by atoms with Gasteiger partial charge in [-0.3, -0.25) is 4.79 Å². The summed E-state index contributed by atoms with van der Waals surface area (Å²) >= 11 is 3.36. The molecular weight excluding hydrogens is 258 g/mol. The van der Waals surface area contributed by atoms with Crippen LogP contribution in [-0.2, 0) is 4.79 Å². The molecule has 0 amide bonds. The molecule has 4 heteroatoms. The summed E-state index contributed by atoms with van der Waals surface area (Å²) in [5.41, 5.74) is 0.789. The number of aliphatic carboxylic acids is 1. The molecule has 2 N–H and O–H groups in total. The van der Waals surface area contributed by atoms with Crippen molar-refractivity contribution in [3.63, 3.8) is 0 Å². The molecule has 1 saturated carbocycles. The fourth-order valence-corrected chi connectivity index (χ4v) is 1.89. The van der Waals surface area contributed by atoms with Crippen LogP contribution in [0.1, 0.15) is 19.3 Å². The van der Waals surface area contributed by atoms with E-state index in [1.807, 2.05) is 24.3 Å². The number of hydrogen-bond acceptors (Lipinski definition) is 2. The van der Waals surface area contributed by atoms with Gasteiger partial charge in [-0.1, -0.05) is 15.9 Å². The van der Waals surface area contributed by atoms with Gasteiger partial charge in [-0.15, -0.1) is 0 Å². The van der Waals surface area contributed by atoms with Crippen molar-refractivity contribution in [1.82, 2.24) is 0 Å². The fraction of sp³-hybridized carbons (Fsp3) is 0.364. The molecule has 0 radical (unpaired) electrons. The minimum absolute atomic E-state index is 0.195. The van der Waals surface area contributed by atoms with Crippen molar-refractivity contribution >= 4 is 27.6 Å². The van der Waals surface area contributed by atoms with Crippen molar-refractivity contribution in [1.29, 1.82) is 0 Å². The minimum atomic E-state index is -0.739. The highest BCUT2D eigenvalue weighted by Crippen LogP contribution is 2.42. The topological polar surface area (TPSA) is 49.3 Å². The first kappa shape index (κ1) is 10.5. The third kappa shape index (κ3) is 2.72. The second-order valence-electron chi connectivity index (χ2n) is 3.98. The van der Waals surface area contributed by atoms with Gasteiger partial charge >= 0.3 is 5.97 Å². The predicted octanol–water partition coefficient (Wildman–Crippen LogP) is 2.87. The van der Waals surface area contributed by atoms with Crippen LogP contribution in [0.15, 0.2) is 28.7 Å². The Morgan fingerprint density at radius 1 is 1.40 bits per heavy atom. The summed E-state index contributed by atoms with van der Waals surface area (Å²) < 4.78 is 1.02. The second kappa shape index (κ2) is 3.85. The smallest absolute Gasteiger partial charge is 0.305 e. The maximum absolute atomic E-state index is 10.7. The third-order valence-corrected chi connectivity index (χ3v) is 3.13. The Hall–Kier alpha value is -1.03. The Morgan fingerprint density at radius 3 is 2.47 bits per heavy atom. The molecule has 15 heavy (non-hydrogen) atoms. The Kier molecular flexibility index (Phi) is 2.69. The van der Waals surface area contributed by atoms with Crippen LogP contribution in [0.25, 0.3) is 0 Å². The van der Waals surface area contributed by atoms with Gasteiger partial charge in [0.15, 0.2) is 0 Å². The molecule has 0 aromatic heterocycles. The summed E-state index contributed by atoms with van der Waals surface area (Å²) in [6.45, 7) is 0. The van der Waals surface area contributed by atoms with Crippen LogP contribution >= 0.6 is 15.9 Å². The van der Waals surface area contributed by atoms with E-state index in [0.717, 1.165) is 23.0 Å². The van der Waals surface area contributed by atoms with E-state index in [9.17, 15) is 4.79 Å². The maximum atomic E-state index is 10.7. The van der Waals surface area contributed by atoms with E-state index in [-0.39, 0.29) is 12.0 Å². The monoisotopic (exact) mass is 269 g/mol. The maximum Gasteiger partial charge on any atom is 0.305 e.